The van der Waals surface area contributed by atoms with Crippen molar-refractivity contribution < 1.29 is 18.7 Å². The molecule has 0 aliphatic heterocycles. The molecule has 4 rings (SSSR count). The number of nitrogens with zero attached hydrogens (tertiary/aromatic N) is 1. The smallest absolute Gasteiger partial charge is 0.227 e. The average Bonchev–Trinajstić information content (AvgIpc) is 3.33. The Bertz CT molecular complexity index is 1350. The maximum Gasteiger partial charge on any atom is 0.227 e. The van der Waals surface area contributed by atoms with Crippen molar-refractivity contribution in [3.8, 4) is 45.5 Å². The van der Waals surface area contributed by atoms with Crippen LogP contribution in [0.2, 0.25) is 5.02 Å². The molecular formula is C28H27ClN2O4. The van der Waals surface area contributed by atoms with Gasteiger partial charge in [0.25, 0.3) is 0 Å². The van der Waals surface area contributed by atoms with Crippen molar-refractivity contribution in [2.45, 2.75) is 20.3 Å². The summed E-state index contributed by atoms with van der Waals surface area (Å²) >= 11 is 6.54. The molecule has 1 N–H and O–H groups in total. The third kappa shape index (κ3) is 5.17. The number of methoxy groups -OCH3 is 2. The van der Waals surface area contributed by atoms with E-state index in [4.69, 9.17) is 30.5 Å². The molecule has 1 aromatic heterocycles. The van der Waals surface area contributed by atoms with Crippen molar-refractivity contribution >= 4 is 23.2 Å². The molecule has 1 atom stereocenters. The quantitative estimate of drug-likeness (QED) is 0.280. The largest absolute Gasteiger partial charge is 0.497 e. The minimum Gasteiger partial charge on any atom is -0.497 e. The van der Waals surface area contributed by atoms with Gasteiger partial charge in [-0.3, -0.25) is 4.79 Å². The van der Waals surface area contributed by atoms with E-state index >= 15 is 0 Å². The van der Waals surface area contributed by atoms with Crippen LogP contribution in [0.5, 0.6) is 11.5 Å². The van der Waals surface area contributed by atoms with E-state index in [1.54, 1.807) is 20.3 Å². The van der Waals surface area contributed by atoms with Crippen LogP contribution in [0.25, 0.3) is 34.0 Å². The monoisotopic (exact) mass is 490 g/mol. The second-order valence-electron chi connectivity index (χ2n) is 8.12. The lowest BCUT2D eigenvalue weighted by Gasteiger charge is -2.10. The molecule has 0 aliphatic rings. The minimum atomic E-state index is -0.0821. The average molecular weight is 491 g/mol. The van der Waals surface area contributed by atoms with E-state index in [-0.39, 0.29) is 11.8 Å². The van der Waals surface area contributed by atoms with E-state index < -0.39 is 0 Å². The van der Waals surface area contributed by atoms with Crippen molar-refractivity contribution in [2.24, 2.45) is 5.92 Å². The first-order valence-electron chi connectivity index (χ1n) is 11.3. The van der Waals surface area contributed by atoms with Crippen LogP contribution in [0, 0.1) is 5.92 Å². The number of anilines is 1. The van der Waals surface area contributed by atoms with Crippen LogP contribution in [0.15, 0.2) is 71.1 Å². The Balaban J connectivity index is 1.84. The standard InChI is InChI=1S/C28H27ClN2O4/c1-5-17(2)27(32)30-19-10-8-9-18(15-19)28-31-25(21-11-6-7-12-23(21)29)26(35-28)22-14-13-20(33-3)16-24(22)34-4/h6-17H,5H2,1-4H3,(H,30,32). The van der Waals surface area contributed by atoms with Gasteiger partial charge in [-0.15, -0.1) is 0 Å². The Kier molecular flexibility index (Phi) is 7.42. The number of halogens is 1. The molecule has 1 unspecified atom stereocenters. The number of carbonyl (C=O) groups excluding carboxylic acids is 1. The number of aromatic nitrogens is 1. The summed E-state index contributed by atoms with van der Waals surface area (Å²) in [6.07, 6.45) is 0.763. The number of hydrogen-bond acceptors (Lipinski definition) is 5. The molecule has 0 fully saturated rings. The summed E-state index contributed by atoms with van der Waals surface area (Å²) in [5.41, 5.74) is 3.43. The Morgan fingerprint density at radius 2 is 1.83 bits per heavy atom. The number of carbonyl (C=O) groups is 1. The predicted octanol–water partition coefficient (Wildman–Crippen LogP) is 7.33. The minimum absolute atomic E-state index is 0.0301. The number of hydrogen-bond donors (Lipinski definition) is 1. The van der Waals surface area contributed by atoms with Crippen molar-refractivity contribution in [1.29, 1.82) is 0 Å². The van der Waals surface area contributed by atoms with Gasteiger partial charge >= 0.3 is 0 Å². The third-order valence-corrected chi connectivity index (χ3v) is 6.18. The van der Waals surface area contributed by atoms with E-state index in [0.29, 0.717) is 45.1 Å². The summed E-state index contributed by atoms with van der Waals surface area (Å²) in [7, 11) is 3.19. The highest BCUT2D eigenvalue weighted by molar-refractivity contribution is 6.33. The van der Waals surface area contributed by atoms with Gasteiger partial charge in [-0.2, -0.15) is 0 Å². The fraction of sp³-hybridized carbons (Fsp3) is 0.214. The van der Waals surface area contributed by atoms with E-state index in [0.717, 1.165) is 17.5 Å². The van der Waals surface area contributed by atoms with Gasteiger partial charge in [-0.05, 0) is 42.8 Å². The predicted molar refractivity (Wildman–Crippen MR) is 139 cm³/mol. The second kappa shape index (κ2) is 10.7. The molecular weight excluding hydrogens is 464 g/mol. The zero-order chi connectivity index (χ0) is 24.9. The fourth-order valence-electron chi connectivity index (χ4n) is 3.63. The summed E-state index contributed by atoms with van der Waals surface area (Å²) in [6, 6.07) is 20.4. The zero-order valence-corrected chi connectivity index (χ0v) is 20.8. The summed E-state index contributed by atoms with van der Waals surface area (Å²) < 4.78 is 17.3. The lowest BCUT2D eigenvalue weighted by molar-refractivity contribution is -0.119. The number of nitrogens with one attached hydrogen (secondary N) is 1. The van der Waals surface area contributed by atoms with E-state index in [1.807, 2.05) is 74.5 Å². The highest BCUT2D eigenvalue weighted by atomic mass is 35.5. The van der Waals surface area contributed by atoms with E-state index in [1.165, 1.54) is 0 Å². The normalized spacial score (nSPS) is 11.7. The van der Waals surface area contributed by atoms with E-state index in [2.05, 4.69) is 5.32 Å². The van der Waals surface area contributed by atoms with Gasteiger partial charge in [-0.25, -0.2) is 4.98 Å². The summed E-state index contributed by atoms with van der Waals surface area (Å²) in [5, 5.41) is 3.52. The van der Waals surface area contributed by atoms with E-state index in [9.17, 15) is 4.79 Å². The molecule has 0 radical (unpaired) electrons. The maximum absolute atomic E-state index is 12.4. The van der Waals surface area contributed by atoms with Crippen molar-refractivity contribution in [2.75, 3.05) is 19.5 Å². The Morgan fingerprint density at radius 1 is 1.03 bits per heavy atom. The first-order valence-corrected chi connectivity index (χ1v) is 11.7. The van der Waals surface area contributed by atoms with Gasteiger partial charge in [0.2, 0.25) is 11.8 Å². The Labute approximate surface area is 209 Å². The van der Waals surface area contributed by atoms with Crippen molar-refractivity contribution in [3.05, 3.63) is 71.8 Å². The third-order valence-electron chi connectivity index (χ3n) is 5.85. The summed E-state index contributed by atoms with van der Waals surface area (Å²) in [4.78, 5) is 17.2. The molecule has 180 valence electrons. The first-order chi connectivity index (χ1) is 16.9. The molecule has 0 saturated carbocycles. The number of rotatable bonds is 8. The zero-order valence-electron chi connectivity index (χ0n) is 20.1. The van der Waals surface area contributed by atoms with Crippen LogP contribution in [-0.4, -0.2) is 25.1 Å². The molecule has 7 heteroatoms. The molecule has 0 spiro atoms. The van der Waals surface area contributed by atoms with Crippen LogP contribution in [0.3, 0.4) is 0 Å². The summed E-state index contributed by atoms with van der Waals surface area (Å²) in [5.74, 6) is 2.04. The Hall–Kier alpha value is -3.77. The van der Waals surface area contributed by atoms with Gasteiger partial charge < -0.3 is 19.2 Å². The molecule has 6 nitrogen and oxygen atoms in total. The van der Waals surface area contributed by atoms with Gasteiger partial charge in [0, 0.05) is 28.8 Å². The number of ether oxygens (including phenoxy) is 2. The highest BCUT2D eigenvalue weighted by Crippen LogP contribution is 2.43. The molecule has 4 aromatic rings. The number of oxazole rings is 1. The number of amides is 1. The topological polar surface area (TPSA) is 73.6 Å². The Morgan fingerprint density at radius 3 is 2.54 bits per heavy atom. The van der Waals surface area contributed by atoms with Crippen LogP contribution < -0.4 is 14.8 Å². The van der Waals surface area contributed by atoms with Crippen molar-refractivity contribution in [1.82, 2.24) is 4.98 Å². The van der Waals surface area contributed by atoms with Gasteiger partial charge in [0.15, 0.2) is 5.76 Å². The molecule has 35 heavy (non-hydrogen) atoms. The van der Waals surface area contributed by atoms with Crippen molar-refractivity contribution in [3.63, 3.8) is 0 Å². The van der Waals surface area contributed by atoms with Crippen LogP contribution in [0.1, 0.15) is 20.3 Å². The van der Waals surface area contributed by atoms with Gasteiger partial charge in [-0.1, -0.05) is 49.7 Å². The maximum atomic E-state index is 12.4. The number of benzene rings is 3. The SMILES string of the molecule is CCC(C)C(=O)Nc1cccc(-c2nc(-c3ccccc3Cl)c(-c3ccc(OC)cc3OC)o2)c1. The molecule has 1 amide bonds. The molecule has 0 bridgehead atoms. The first kappa shape index (κ1) is 24.4. The van der Waals surface area contributed by atoms with Crippen LogP contribution in [0.4, 0.5) is 5.69 Å². The molecule has 3 aromatic carbocycles. The lowest BCUT2D eigenvalue weighted by atomic mass is 10.0. The molecule has 1 heterocycles. The second-order valence-corrected chi connectivity index (χ2v) is 8.53. The molecule has 0 saturated heterocycles. The van der Waals surface area contributed by atoms with Gasteiger partial charge in [0.1, 0.15) is 17.2 Å². The fourth-order valence-corrected chi connectivity index (χ4v) is 3.85. The molecule has 0 aliphatic carbocycles. The van der Waals surface area contributed by atoms with Gasteiger partial charge in [0.05, 0.1) is 24.8 Å². The lowest BCUT2D eigenvalue weighted by Crippen LogP contribution is -2.19. The van der Waals surface area contributed by atoms with Crippen LogP contribution >= 0.6 is 11.6 Å². The van der Waals surface area contributed by atoms with Crippen LogP contribution in [-0.2, 0) is 4.79 Å². The summed E-state index contributed by atoms with van der Waals surface area (Å²) in [6.45, 7) is 3.89. The highest BCUT2D eigenvalue weighted by Gasteiger charge is 2.23.